The summed E-state index contributed by atoms with van der Waals surface area (Å²) in [7, 11) is 0. The molecule has 0 unspecified atom stereocenters. The summed E-state index contributed by atoms with van der Waals surface area (Å²) in [6, 6.07) is 0. The number of amides is 1. The van der Waals surface area contributed by atoms with Gasteiger partial charge in [0, 0.05) is 6.54 Å². The predicted molar refractivity (Wildman–Crippen MR) is 56.9 cm³/mol. The van der Waals surface area contributed by atoms with Gasteiger partial charge < -0.3 is 20.1 Å². The zero-order valence-corrected chi connectivity index (χ0v) is 9.25. The summed E-state index contributed by atoms with van der Waals surface area (Å²) in [6.07, 6.45) is 2.08. The molecule has 0 spiro atoms. The van der Waals surface area contributed by atoms with Crippen molar-refractivity contribution in [3.05, 3.63) is 0 Å². The minimum absolute atomic E-state index is 0.343. The molecule has 1 fully saturated rings. The highest BCUT2D eigenvalue weighted by molar-refractivity contribution is 5.66. The lowest BCUT2D eigenvalue weighted by Crippen LogP contribution is -2.34. The van der Waals surface area contributed by atoms with E-state index >= 15 is 0 Å². The summed E-state index contributed by atoms with van der Waals surface area (Å²) >= 11 is 0. The number of nitrogens with one attached hydrogen (secondary N) is 2. The van der Waals surface area contributed by atoms with Crippen LogP contribution in [-0.2, 0) is 9.47 Å². The van der Waals surface area contributed by atoms with E-state index in [-0.39, 0.29) is 6.09 Å². The second kappa shape index (κ2) is 7.48. The number of alkyl carbamates (subject to hydrolysis) is 1. The third kappa shape index (κ3) is 5.59. The monoisotopic (exact) mass is 216 g/mol. The van der Waals surface area contributed by atoms with Crippen LogP contribution in [-0.4, -0.2) is 45.0 Å². The molecule has 0 saturated carbocycles. The van der Waals surface area contributed by atoms with Gasteiger partial charge in [0.15, 0.2) is 0 Å². The molecule has 1 heterocycles. The molecule has 0 aromatic heterocycles. The molecule has 1 rings (SSSR count). The molecule has 88 valence electrons. The van der Waals surface area contributed by atoms with Crippen LogP contribution in [0.15, 0.2) is 0 Å². The smallest absolute Gasteiger partial charge is 0.407 e. The summed E-state index contributed by atoms with van der Waals surface area (Å²) in [5, 5.41) is 5.89. The molecule has 1 amide bonds. The Bertz CT molecular complexity index is 182. The molecule has 0 aromatic carbocycles. The van der Waals surface area contributed by atoms with Crippen LogP contribution in [0.25, 0.3) is 0 Å². The van der Waals surface area contributed by atoms with Crippen LogP contribution in [0.3, 0.4) is 0 Å². The van der Waals surface area contributed by atoms with Crippen LogP contribution in [0.4, 0.5) is 4.79 Å². The lowest BCUT2D eigenvalue weighted by molar-refractivity contribution is 0.0343. The van der Waals surface area contributed by atoms with E-state index in [0.29, 0.717) is 25.9 Å². The molecule has 5 heteroatoms. The van der Waals surface area contributed by atoms with Crippen LogP contribution >= 0.6 is 0 Å². The standard InChI is InChI=1S/C10H20N2O3/c1-2-14-10(13)12-7-8-15-9-3-5-11-6-4-9/h9,11H,2-8H2,1H3,(H,12,13). The number of piperidine rings is 1. The van der Waals surface area contributed by atoms with E-state index in [0.717, 1.165) is 25.9 Å². The van der Waals surface area contributed by atoms with Crippen molar-refractivity contribution in [1.29, 1.82) is 0 Å². The van der Waals surface area contributed by atoms with E-state index in [4.69, 9.17) is 9.47 Å². The Balaban J connectivity index is 1.93. The molecular formula is C10H20N2O3. The first-order valence-corrected chi connectivity index (χ1v) is 5.56. The third-order valence-corrected chi connectivity index (χ3v) is 2.29. The van der Waals surface area contributed by atoms with Crippen LogP contribution in [0.5, 0.6) is 0 Å². The lowest BCUT2D eigenvalue weighted by Gasteiger charge is -2.22. The fourth-order valence-corrected chi connectivity index (χ4v) is 1.52. The zero-order chi connectivity index (χ0) is 10.9. The maximum Gasteiger partial charge on any atom is 0.407 e. The first-order chi connectivity index (χ1) is 7.33. The van der Waals surface area contributed by atoms with E-state index in [1.807, 2.05) is 0 Å². The maximum absolute atomic E-state index is 10.9. The van der Waals surface area contributed by atoms with Gasteiger partial charge in [0.05, 0.1) is 19.3 Å². The molecule has 0 aliphatic carbocycles. The van der Waals surface area contributed by atoms with E-state index in [9.17, 15) is 4.79 Å². The van der Waals surface area contributed by atoms with Crippen LogP contribution < -0.4 is 10.6 Å². The quantitative estimate of drug-likeness (QED) is 0.657. The number of hydrogen-bond acceptors (Lipinski definition) is 4. The summed E-state index contributed by atoms with van der Waals surface area (Å²) < 4.78 is 10.3. The number of ether oxygens (including phenoxy) is 2. The van der Waals surface area contributed by atoms with Gasteiger partial charge in [-0.2, -0.15) is 0 Å². The largest absolute Gasteiger partial charge is 0.450 e. The summed E-state index contributed by atoms with van der Waals surface area (Å²) in [5.74, 6) is 0. The Morgan fingerprint density at radius 3 is 2.87 bits per heavy atom. The van der Waals surface area contributed by atoms with Gasteiger partial charge in [0.1, 0.15) is 0 Å². The Morgan fingerprint density at radius 2 is 2.20 bits per heavy atom. The molecule has 2 N–H and O–H groups in total. The van der Waals surface area contributed by atoms with Crippen molar-refractivity contribution in [3.63, 3.8) is 0 Å². The first-order valence-electron chi connectivity index (χ1n) is 5.56. The maximum atomic E-state index is 10.9. The second-order valence-corrected chi connectivity index (χ2v) is 3.47. The lowest BCUT2D eigenvalue weighted by atomic mass is 10.1. The highest BCUT2D eigenvalue weighted by atomic mass is 16.5. The van der Waals surface area contributed by atoms with E-state index in [2.05, 4.69) is 10.6 Å². The summed E-state index contributed by atoms with van der Waals surface area (Å²) in [6.45, 7) is 5.31. The van der Waals surface area contributed by atoms with Crippen molar-refractivity contribution in [3.8, 4) is 0 Å². The van der Waals surface area contributed by atoms with Gasteiger partial charge in [-0.3, -0.25) is 0 Å². The fourth-order valence-electron chi connectivity index (χ4n) is 1.52. The van der Waals surface area contributed by atoms with Gasteiger partial charge in [-0.05, 0) is 32.9 Å². The molecule has 5 nitrogen and oxygen atoms in total. The Morgan fingerprint density at radius 1 is 1.47 bits per heavy atom. The fraction of sp³-hybridized carbons (Fsp3) is 0.900. The normalized spacial score (nSPS) is 17.4. The average Bonchev–Trinajstić information content (AvgIpc) is 2.26. The summed E-state index contributed by atoms with van der Waals surface area (Å²) in [4.78, 5) is 10.9. The van der Waals surface area contributed by atoms with Gasteiger partial charge in [0.2, 0.25) is 0 Å². The molecule has 1 aliphatic heterocycles. The van der Waals surface area contributed by atoms with Crippen molar-refractivity contribution in [1.82, 2.24) is 10.6 Å². The summed E-state index contributed by atoms with van der Waals surface area (Å²) in [5.41, 5.74) is 0. The number of hydrogen-bond donors (Lipinski definition) is 2. The second-order valence-electron chi connectivity index (χ2n) is 3.47. The highest BCUT2D eigenvalue weighted by Crippen LogP contribution is 2.06. The van der Waals surface area contributed by atoms with Gasteiger partial charge in [-0.15, -0.1) is 0 Å². The van der Waals surface area contributed by atoms with Crippen molar-refractivity contribution in [2.24, 2.45) is 0 Å². The van der Waals surface area contributed by atoms with Crippen molar-refractivity contribution < 1.29 is 14.3 Å². The molecule has 1 saturated heterocycles. The molecule has 15 heavy (non-hydrogen) atoms. The van der Waals surface area contributed by atoms with Gasteiger partial charge >= 0.3 is 6.09 Å². The Kier molecular flexibility index (Phi) is 6.11. The van der Waals surface area contributed by atoms with Crippen LogP contribution in [0.2, 0.25) is 0 Å². The van der Waals surface area contributed by atoms with Crippen molar-refractivity contribution in [2.45, 2.75) is 25.9 Å². The topological polar surface area (TPSA) is 59.6 Å². The molecule has 0 bridgehead atoms. The van der Waals surface area contributed by atoms with Crippen molar-refractivity contribution in [2.75, 3.05) is 32.8 Å². The molecular weight excluding hydrogens is 196 g/mol. The SMILES string of the molecule is CCOC(=O)NCCOC1CCNCC1. The number of carbonyl (C=O) groups is 1. The minimum atomic E-state index is -0.369. The Hall–Kier alpha value is -0.810. The highest BCUT2D eigenvalue weighted by Gasteiger charge is 2.12. The molecule has 0 radical (unpaired) electrons. The molecule has 0 atom stereocenters. The van der Waals surface area contributed by atoms with E-state index < -0.39 is 0 Å². The van der Waals surface area contributed by atoms with Gasteiger partial charge in [-0.1, -0.05) is 0 Å². The first kappa shape index (κ1) is 12.3. The zero-order valence-electron chi connectivity index (χ0n) is 9.25. The molecule has 0 aromatic rings. The number of rotatable bonds is 5. The van der Waals surface area contributed by atoms with Gasteiger partial charge in [-0.25, -0.2) is 4.79 Å². The Labute approximate surface area is 90.5 Å². The predicted octanol–water partition coefficient (Wildman–Crippen LogP) is 0.501. The van der Waals surface area contributed by atoms with Gasteiger partial charge in [0.25, 0.3) is 0 Å². The van der Waals surface area contributed by atoms with E-state index in [1.54, 1.807) is 6.92 Å². The molecule has 1 aliphatic rings. The van der Waals surface area contributed by atoms with Crippen LogP contribution in [0, 0.1) is 0 Å². The van der Waals surface area contributed by atoms with Crippen molar-refractivity contribution >= 4 is 6.09 Å². The average molecular weight is 216 g/mol. The number of carbonyl (C=O) groups excluding carboxylic acids is 1. The minimum Gasteiger partial charge on any atom is -0.450 e. The third-order valence-electron chi connectivity index (χ3n) is 2.29. The van der Waals surface area contributed by atoms with Crippen LogP contribution in [0.1, 0.15) is 19.8 Å². The van der Waals surface area contributed by atoms with E-state index in [1.165, 1.54) is 0 Å².